The molecule has 18 heavy (non-hydrogen) atoms. The molecule has 0 aliphatic heterocycles. The lowest BCUT2D eigenvalue weighted by atomic mass is 9.75. The maximum atomic E-state index is 5.37. The normalized spacial score (nSPS) is 17.4. The molecule has 1 fully saturated rings. The fourth-order valence-electron chi connectivity index (χ4n) is 2.50. The molecule has 0 spiro atoms. The summed E-state index contributed by atoms with van der Waals surface area (Å²) in [5.41, 5.74) is 0.309. The number of nitrogens with zero attached hydrogens (tertiary/aromatic N) is 2. The smallest absolute Gasteiger partial charge is 0.203 e. The zero-order valence-electron chi connectivity index (χ0n) is 11.6. The average Bonchev–Trinajstić information content (AvgIpc) is 2.77. The number of imidazole rings is 1. The summed E-state index contributed by atoms with van der Waals surface area (Å²) in [5, 5.41) is 3.64. The van der Waals surface area contributed by atoms with Gasteiger partial charge in [0.25, 0.3) is 0 Å². The second-order valence-electron chi connectivity index (χ2n) is 5.11. The topological polar surface area (TPSA) is 39.1 Å². The molecule has 1 aromatic heterocycles. The largest absolute Gasteiger partial charge is 0.382 e. The van der Waals surface area contributed by atoms with E-state index in [4.69, 9.17) is 4.74 Å². The predicted octanol–water partition coefficient (Wildman–Crippen LogP) is 3.05. The van der Waals surface area contributed by atoms with E-state index >= 15 is 0 Å². The summed E-state index contributed by atoms with van der Waals surface area (Å²) in [7, 11) is 0. The first kappa shape index (κ1) is 13.4. The summed E-state index contributed by atoms with van der Waals surface area (Å²) in [6.45, 7) is 6.89. The van der Waals surface area contributed by atoms with Crippen LogP contribution < -0.4 is 5.32 Å². The van der Waals surface area contributed by atoms with E-state index in [0.717, 1.165) is 32.1 Å². The minimum Gasteiger partial charge on any atom is -0.382 e. The minimum atomic E-state index is 0.309. The van der Waals surface area contributed by atoms with E-state index in [2.05, 4.69) is 28.0 Å². The molecule has 1 aliphatic rings. The molecule has 4 nitrogen and oxygen atoms in total. The van der Waals surface area contributed by atoms with Crippen LogP contribution >= 0.6 is 0 Å². The molecule has 0 atom stereocenters. The number of anilines is 1. The Morgan fingerprint density at radius 3 is 2.89 bits per heavy atom. The monoisotopic (exact) mass is 251 g/mol. The standard InChI is InChI=1S/C14H25N3O/c1-3-14(7-5-8-14)16-13-15-9-11-17(13)10-6-12-18-4-2/h9,11H,3-8,10,12H2,1-2H3,(H,15,16). The van der Waals surface area contributed by atoms with E-state index in [9.17, 15) is 0 Å². The maximum absolute atomic E-state index is 5.37. The van der Waals surface area contributed by atoms with Crippen molar-refractivity contribution in [2.75, 3.05) is 18.5 Å². The zero-order chi connectivity index (χ0) is 12.8. The van der Waals surface area contributed by atoms with Crippen LogP contribution in [0.1, 0.15) is 46.0 Å². The molecule has 0 bridgehead atoms. The lowest BCUT2D eigenvalue weighted by Crippen LogP contribution is -2.45. The first-order valence-corrected chi connectivity index (χ1v) is 7.17. The van der Waals surface area contributed by atoms with Gasteiger partial charge in [0.05, 0.1) is 0 Å². The van der Waals surface area contributed by atoms with Crippen molar-refractivity contribution in [2.24, 2.45) is 0 Å². The summed E-state index contributed by atoms with van der Waals surface area (Å²) < 4.78 is 7.58. The molecule has 1 aliphatic carbocycles. The number of rotatable bonds is 8. The molecule has 0 radical (unpaired) electrons. The van der Waals surface area contributed by atoms with Crippen LogP contribution in [0.4, 0.5) is 5.95 Å². The number of hydrogen-bond donors (Lipinski definition) is 1. The number of nitrogens with one attached hydrogen (secondary N) is 1. The number of aryl methyl sites for hydroxylation is 1. The lowest BCUT2D eigenvalue weighted by Gasteiger charge is -2.42. The third-order valence-electron chi connectivity index (χ3n) is 3.97. The fourth-order valence-corrected chi connectivity index (χ4v) is 2.50. The van der Waals surface area contributed by atoms with Crippen LogP contribution in [0.25, 0.3) is 0 Å². The Morgan fingerprint density at radius 2 is 2.28 bits per heavy atom. The van der Waals surface area contributed by atoms with E-state index in [0.29, 0.717) is 5.54 Å². The highest BCUT2D eigenvalue weighted by Gasteiger charge is 2.35. The number of aromatic nitrogens is 2. The quantitative estimate of drug-likeness (QED) is 0.722. The van der Waals surface area contributed by atoms with Crippen molar-refractivity contribution in [2.45, 2.75) is 58.0 Å². The average molecular weight is 251 g/mol. The second-order valence-corrected chi connectivity index (χ2v) is 5.11. The van der Waals surface area contributed by atoms with E-state index in [1.807, 2.05) is 13.1 Å². The summed E-state index contributed by atoms with van der Waals surface area (Å²) >= 11 is 0. The Morgan fingerprint density at radius 1 is 1.44 bits per heavy atom. The second kappa shape index (κ2) is 6.23. The summed E-state index contributed by atoms with van der Waals surface area (Å²) in [6.07, 6.45) is 10.0. The minimum absolute atomic E-state index is 0.309. The predicted molar refractivity (Wildman–Crippen MR) is 73.8 cm³/mol. The van der Waals surface area contributed by atoms with Crippen molar-refractivity contribution >= 4 is 5.95 Å². The fraction of sp³-hybridized carbons (Fsp3) is 0.786. The third kappa shape index (κ3) is 3.05. The molecule has 0 saturated heterocycles. The molecule has 1 heterocycles. The van der Waals surface area contributed by atoms with Crippen LogP contribution in [0.2, 0.25) is 0 Å². The number of ether oxygens (including phenoxy) is 1. The Labute approximate surface area is 110 Å². The van der Waals surface area contributed by atoms with Crippen LogP contribution in [0, 0.1) is 0 Å². The van der Waals surface area contributed by atoms with Gasteiger partial charge in [-0.05, 0) is 39.0 Å². The molecule has 102 valence electrons. The maximum Gasteiger partial charge on any atom is 0.203 e. The summed E-state index contributed by atoms with van der Waals surface area (Å²) in [5.74, 6) is 1.02. The van der Waals surface area contributed by atoms with Crippen LogP contribution in [-0.2, 0) is 11.3 Å². The Kier molecular flexibility index (Phi) is 4.64. The van der Waals surface area contributed by atoms with Gasteiger partial charge in [-0.1, -0.05) is 6.92 Å². The van der Waals surface area contributed by atoms with Gasteiger partial charge in [0.1, 0.15) is 0 Å². The van der Waals surface area contributed by atoms with Gasteiger partial charge >= 0.3 is 0 Å². The van der Waals surface area contributed by atoms with Crippen molar-refractivity contribution in [3.8, 4) is 0 Å². The van der Waals surface area contributed by atoms with Gasteiger partial charge in [-0.3, -0.25) is 0 Å². The first-order chi connectivity index (χ1) is 8.79. The summed E-state index contributed by atoms with van der Waals surface area (Å²) in [6, 6.07) is 0. The van der Waals surface area contributed by atoms with Crippen LogP contribution in [0.15, 0.2) is 12.4 Å². The van der Waals surface area contributed by atoms with Crippen molar-refractivity contribution in [1.29, 1.82) is 0 Å². The first-order valence-electron chi connectivity index (χ1n) is 7.17. The van der Waals surface area contributed by atoms with E-state index in [-0.39, 0.29) is 0 Å². The molecule has 0 amide bonds. The van der Waals surface area contributed by atoms with Gasteiger partial charge in [0.2, 0.25) is 5.95 Å². The lowest BCUT2D eigenvalue weighted by molar-refractivity contribution is 0.141. The van der Waals surface area contributed by atoms with Gasteiger partial charge in [-0.25, -0.2) is 4.98 Å². The molecule has 2 rings (SSSR count). The van der Waals surface area contributed by atoms with Crippen molar-refractivity contribution in [1.82, 2.24) is 9.55 Å². The van der Waals surface area contributed by atoms with Gasteiger partial charge in [-0.2, -0.15) is 0 Å². The molecule has 1 saturated carbocycles. The van der Waals surface area contributed by atoms with Gasteiger partial charge in [0.15, 0.2) is 0 Å². The molecule has 0 unspecified atom stereocenters. The molecule has 1 aromatic rings. The Bertz CT molecular complexity index is 352. The van der Waals surface area contributed by atoms with Gasteiger partial charge in [-0.15, -0.1) is 0 Å². The molecule has 4 heteroatoms. The highest BCUT2D eigenvalue weighted by Crippen LogP contribution is 2.37. The molecular weight excluding hydrogens is 226 g/mol. The van der Waals surface area contributed by atoms with Crippen LogP contribution in [0.3, 0.4) is 0 Å². The van der Waals surface area contributed by atoms with E-state index in [1.54, 1.807) is 0 Å². The van der Waals surface area contributed by atoms with Crippen molar-refractivity contribution < 1.29 is 4.74 Å². The van der Waals surface area contributed by atoms with E-state index < -0.39 is 0 Å². The Balaban J connectivity index is 1.87. The highest BCUT2D eigenvalue weighted by molar-refractivity contribution is 5.32. The van der Waals surface area contributed by atoms with Crippen LogP contribution in [-0.4, -0.2) is 28.3 Å². The SMILES string of the molecule is CCOCCCn1ccnc1NC1(CC)CCC1. The number of hydrogen-bond acceptors (Lipinski definition) is 3. The molecular formula is C14H25N3O. The third-order valence-corrected chi connectivity index (χ3v) is 3.97. The van der Waals surface area contributed by atoms with E-state index in [1.165, 1.54) is 25.7 Å². The zero-order valence-corrected chi connectivity index (χ0v) is 11.6. The van der Waals surface area contributed by atoms with Gasteiger partial charge in [0, 0.05) is 37.7 Å². The van der Waals surface area contributed by atoms with Crippen LogP contribution in [0.5, 0.6) is 0 Å². The van der Waals surface area contributed by atoms with Crippen molar-refractivity contribution in [3.05, 3.63) is 12.4 Å². The van der Waals surface area contributed by atoms with Gasteiger partial charge < -0.3 is 14.6 Å². The molecule has 0 aromatic carbocycles. The Hall–Kier alpha value is -1.03. The highest BCUT2D eigenvalue weighted by atomic mass is 16.5. The van der Waals surface area contributed by atoms with Crippen molar-refractivity contribution in [3.63, 3.8) is 0 Å². The summed E-state index contributed by atoms with van der Waals surface area (Å²) in [4.78, 5) is 4.44. The molecule has 1 N–H and O–H groups in total.